The van der Waals surface area contributed by atoms with Crippen molar-refractivity contribution < 1.29 is 9.53 Å². The Morgan fingerprint density at radius 1 is 1.33 bits per heavy atom. The van der Waals surface area contributed by atoms with Crippen molar-refractivity contribution in [3.8, 4) is 0 Å². The van der Waals surface area contributed by atoms with E-state index in [0.717, 1.165) is 38.7 Å². The molecule has 1 amide bonds. The highest BCUT2D eigenvalue weighted by molar-refractivity contribution is 5.79. The predicted molar refractivity (Wildman–Crippen MR) is 57.3 cm³/mol. The molecule has 2 fully saturated rings. The molecule has 3 atom stereocenters. The average Bonchev–Trinajstić information content (AvgIpc) is 2.70. The molecule has 0 radical (unpaired) electrons. The fraction of sp³-hybridized carbons (Fsp3) is 0.909. The SMILES string of the molecule is NC1CCCC(NC(=O)C2CCOC2)C1. The van der Waals surface area contributed by atoms with Gasteiger partial charge in [-0.05, 0) is 32.1 Å². The molecule has 0 aromatic carbocycles. The van der Waals surface area contributed by atoms with E-state index in [2.05, 4.69) is 5.32 Å². The summed E-state index contributed by atoms with van der Waals surface area (Å²) >= 11 is 0. The van der Waals surface area contributed by atoms with E-state index < -0.39 is 0 Å². The lowest BCUT2D eigenvalue weighted by molar-refractivity contribution is -0.125. The monoisotopic (exact) mass is 212 g/mol. The summed E-state index contributed by atoms with van der Waals surface area (Å²) < 4.78 is 5.20. The molecule has 86 valence electrons. The van der Waals surface area contributed by atoms with Gasteiger partial charge in [-0.1, -0.05) is 0 Å². The fourth-order valence-corrected chi connectivity index (χ4v) is 2.42. The van der Waals surface area contributed by atoms with Gasteiger partial charge in [0.1, 0.15) is 0 Å². The molecule has 1 saturated heterocycles. The molecule has 2 aliphatic rings. The zero-order valence-corrected chi connectivity index (χ0v) is 9.08. The number of carbonyl (C=O) groups is 1. The molecule has 1 saturated carbocycles. The van der Waals surface area contributed by atoms with Crippen LogP contribution in [0.2, 0.25) is 0 Å². The molecule has 15 heavy (non-hydrogen) atoms. The van der Waals surface area contributed by atoms with E-state index in [0.29, 0.717) is 12.6 Å². The first-order valence-corrected chi connectivity index (χ1v) is 5.89. The third-order valence-corrected chi connectivity index (χ3v) is 3.36. The summed E-state index contributed by atoms with van der Waals surface area (Å²) in [5.41, 5.74) is 5.88. The van der Waals surface area contributed by atoms with Crippen LogP contribution >= 0.6 is 0 Å². The summed E-state index contributed by atoms with van der Waals surface area (Å²) in [5, 5.41) is 3.09. The molecule has 4 nitrogen and oxygen atoms in total. The quantitative estimate of drug-likeness (QED) is 0.696. The summed E-state index contributed by atoms with van der Waals surface area (Å²) in [7, 11) is 0. The first kappa shape index (κ1) is 10.9. The minimum Gasteiger partial charge on any atom is -0.381 e. The van der Waals surface area contributed by atoms with Crippen molar-refractivity contribution in [2.45, 2.75) is 44.2 Å². The Morgan fingerprint density at radius 2 is 2.20 bits per heavy atom. The molecule has 0 spiro atoms. The van der Waals surface area contributed by atoms with E-state index in [1.54, 1.807) is 0 Å². The van der Waals surface area contributed by atoms with Gasteiger partial charge in [0.25, 0.3) is 0 Å². The number of hydrogen-bond donors (Lipinski definition) is 2. The number of nitrogens with two attached hydrogens (primary N) is 1. The minimum atomic E-state index is 0.0724. The Kier molecular flexibility index (Phi) is 3.59. The van der Waals surface area contributed by atoms with Crippen LogP contribution in [0.1, 0.15) is 32.1 Å². The van der Waals surface area contributed by atoms with Gasteiger partial charge < -0.3 is 15.8 Å². The van der Waals surface area contributed by atoms with E-state index in [-0.39, 0.29) is 17.9 Å². The Balaban J connectivity index is 1.77. The molecule has 1 aliphatic carbocycles. The predicted octanol–water partition coefficient (Wildman–Crippen LogP) is 0.409. The van der Waals surface area contributed by atoms with Crippen LogP contribution in [0.4, 0.5) is 0 Å². The van der Waals surface area contributed by atoms with Gasteiger partial charge in [0.05, 0.1) is 12.5 Å². The van der Waals surface area contributed by atoms with Gasteiger partial charge >= 0.3 is 0 Å². The molecule has 0 aromatic rings. The van der Waals surface area contributed by atoms with Crippen molar-refractivity contribution in [3.05, 3.63) is 0 Å². The Morgan fingerprint density at radius 3 is 2.87 bits per heavy atom. The van der Waals surface area contributed by atoms with Crippen molar-refractivity contribution in [3.63, 3.8) is 0 Å². The Hall–Kier alpha value is -0.610. The highest BCUT2D eigenvalue weighted by Crippen LogP contribution is 2.18. The Labute approximate surface area is 90.5 Å². The van der Waals surface area contributed by atoms with Crippen molar-refractivity contribution in [1.29, 1.82) is 0 Å². The second kappa shape index (κ2) is 4.94. The summed E-state index contributed by atoms with van der Waals surface area (Å²) in [5.74, 6) is 0.231. The summed E-state index contributed by atoms with van der Waals surface area (Å²) in [6.07, 6.45) is 5.10. The van der Waals surface area contributed by atoms with E-state index in [1.807, 2.05) is 0 Å². The van der Waals surface area contributed by atoms with Crippen molar-refractivity contribution in [2.75, 3.05) is 13.2 Å². The number of carbonyl (C=O) groups excluding carboxylic acids is 1. The zero-order chi connectivity index (χ0) is 10.7. The van der Waals surface area contributed by atoms with Crippen LogP contribution in [0.15, 0.2) is 0 Å². The maximum absolute atomic E-state index is 11.8. The lowest BCUT2D eigenvalue weighted by atomic mass is 9.91. The average molecular weight is 212 g/mol. The standard InChI is InChI=1S/C11H20N2O2/c12-9-2-1-3-10(6-9)13-11(14)8-4-5-15-7-8/h8-10H,1-7,12H2,(H,13,14). The third-order valence-electron chi connectivity index (χ3n) is 3.36. The minimum absolute atomic E-state index is 0.0724. The van der Waals surface area contributed by atoms with Crippen LogP contribution in [-0.4, -0.2) is 31.2 Å². The molecule has 3 N–H and O–H groups in total. The first-order valence-electron chi connectivity index (χ1n) is 5.89. The molecule has 3 unspecified atom stereocenters. The van der Waals surface area contributed by atoms with Gasteiger partial charge in [-0.15, -0.1) is 0 Å². The third kappa shape index (κ3) is 2.92. The molecular weight excluding hydrogens is 192 g/mol. The maximum atomic E-state index is 11.8. The van der Waals surface area contributed by atoms with Crippen LogP contribution in [-0.2, 0) is 9.53 Å². The second-order valence-electron chi connectivity index (χ2n) is 4.69. The van der Waals surface area contributed by atoms with E-state index >= 15 is 0 Å². The highest BCUT2D eigenvalue weighted by Gasteiger charge is 2.27. The molecule has 4 heteroatoms. The molecule has 2 rings (SSSR count). The lowest BCUT2D eigenvalue weighted by Crippen LogP contribution is -2.44. The normalized spacial score (nSPS) is 36.5. The molecule has 1 aliphatic heterocycles. The van der Waals surface area contributed by atoms with Crippen LogP contribution in [0, 0.1) is 5.92 Å². The van der Waals surface area contributed by atoms with Gasteiger partial charge in [0.2, 0.25) is 5.91 Å². The number of hydrogen-bond acceptors (Lipinski definition) is 3. The number of rotatable bonds is 2. The lowest BCUT2D eigenvalue weighted by Gasteiger charge is -2.28. The Bertz CT molecular complexity index is 227. The van der Waals surface area contributed by atoms with E-state index in [1.165, 1.54) is 0 Å². The van der Waals surface area contributed by atoms with Gasteiger partial charge in [0.15, 0.2) is 0 Å². The van der Waals surface area contributed by atoms with Crippen molar-refractivity contribution >= 4 is 5.91 Å². The zero-order valence-electron chi connectivity index (χ0n) is 9.08. The van der Waals surface area contributed by atoms with Crippen LogP contribution in [0.25, 0.3) is 0 Å². The molecule has 0 bridgehead atoms. The molecular formula is C11H20N2O2. The largest absolute Gasteiger partial charge is 0.381 e. The first-order chi connectivity index (χ1) is 7.25. The molecule has 1 heterocycles. The van der Waals surface area contributed by atoms with Crippen LogP contribution in [0.5, 0.6) is 0 Å². The van der Waals surface area contributed by atoms with Gasteiger partial charge in [0, 0.05) is 18.7 Å². The molecule has 0 aromatic heterocycles. The summed E-state index contributed by atoms with van der Waals surface area (Å²) in [6.45, 7) is 1.31. The highest BCUT2D eigenvalue weighted by atomic mass is 16.5. The van der Waals surface area contributed by atoms with Crippen molar-refractivity contribution in [2.24, 2.45) is 11.7 Å². The number of ether oxygens (including phenoxy) is 1. The van der Waals surface area contributed by atoms with Gasteiger partial charge in [-0.3, -0.25) is 4.79 Å². The number of nitrogens with one attached hydrogen (secondary N) is 1. The van der Waals surface area contributed by atoms with E-state index in [9.17, 15) is 4.79 Å². The smallest absolute Gasteiger partial charge is 0.225 e. The number of amides is 1. The van der Waals surface area contributed by atoms with Crippen LogP contribution in [0.3, 0.4) is 0 Å². The fourth-order valence-electron chi connectivity index (χ4n) is 2.42. The van der Waals surface area contributed by atoms with Crippen molar-refractivity contribution in [1.82, 2.24) is 5.32 Å². The summed E-state index contributed by atoms with van der Waals surface area (Å²) in [4.78, 5) is 11.8. The van der Waals surface area contributed by atoms with Gasteiger partial charge in [-0.2, -0.15) is 0 Å². The second-order valence-corrected chi connectivity index (χ2v) is 4.69. The maximum Gasteiger partial charge on any atom is 0.225 e. The van der Waals surface area contributed by atoms with Gasteiger partial charge in [-0.25, -0.2) is 0 Å². The van der Waals surface area contributed by atoms with E-state index in [4.69, 9.17) is 10.5 Å². The summed E-state index contributed by atoms with van der Waals surface area (Å²) in [6, 6.07) is 0.561. The van der Waals surface area contributed by atoms with Crippen LogP contribution < -0.4 is 11.1 Å². The topological polar surface area (TPSA) is 64.3 Å².